The van der Waals surface area contributed by atoms with Crippen molar-refractivity contribution < 1.29 is 4.48 Å². The van der Waals surface area contributed by atoms with Gasteiger partial charge in [0.25, 0.3) is 0 Å². The van der Waals surface area contributed by atoms with E-state index in [-0.39, 0.29) is 0 Å². The molecule has 1 heterocycles. The molecule has 0 aromatic rings. The lowest BCUT2D eigenvalue weighted by Crippen LogP contribution is -2.31. The zero-order valence-electron chi connectivity index (χ0n) is 10.6. The van der Waals surface area contributed by atoms with E-state index < -0.39 is 0 Å². The maximum Gasteiger partial charge on any atom is 0.103 e. The smallest absolute Gasteiger partial charge is 0.103 e. The molecule has 0 aromatic carbocycles. The second kappa shape index (κ2) is 6.12. The van der Waals surface area contributed by atoms with Crippen LogP contribution >= 0.6 is 0 Å². The van der Waals surface area contributed by atoms with Gasteiger partial charge < -0.3 is 0 Å². The standard InChI is InChI=1S/C14H26N/c1-4-5-6-7-8-9-11-15(3)12-10-14(2)13-15/h10,12-13H,4-9,11H2,1-3H3/q+1. The third-order valence-corrected chi connectivity index (χ3v) is 3.17. The zero-order chi connectivity index (χ0) is 11.1. The minimum atomic E-state index is 1.01. The number of quaternary nitrogens is 1. The molecule has 0 bridgehead atoms. The molecule has 1 heteroatoms. The van der Waals surface area contributed by atoms with Gasteiger partial charge in [0.15, 0.2) is 0 Å². The van der Waals surface area contributed by atoms with Crippen LogP contribution in [-0.2, 0) is 0 Å². The summed E-state index contributed by atoms with van der Waals surface area (Å²) >= 11 is 0. The van der Waals surface area contributed by atoms with Gasteiger partial charge >= 0.3 is 0 Å². The van der Waals surface area contributed by atoms with Crippen molar-refractivity contribution in [2.24, 2.45) is 0 Å². The molecule has 0 saturated carbocycles. The molecule has 0 fully saturated rings. The SMILES string of the molecule is CCCCCCCC[N+]1(C)C=CC(C)=C1. The lowest BCUT2D eigenvalue weighted by Gasteiger charge is -2.23. The number of unbranched alkanes of at least 4 members (excludes halogenated alkanes) is 5. The molecule has 0 radical (unpaired) electrons. The molecule has 0 N–H and O–H groups in total. The highest BCUT2D eigenvalue weighted by molar-refractivity contribution is 5.16. The highest BCUT2D eigenvalue weighted by Crippen LogP contribution is 2.19. The molecule has 0 aliphatic carbocycles. The monoisotopic (exact) mass is 208 g/mol. The van der Waals surface area contributed by atoms with Crippen LogP contribution < -0.4 is 0 Å². The van der Waals surface area contributed by atoms with Gasteiger partial charge in [-0.05, 0) is 25.8 Å². The van der Waals surface area contributed by atoms with Gasteiger partial charge in [0.05, 0.1) is 13.6 Å². The van der Waals surface area contributed by atoms with Crippen molar-refractivity contribution >= 4 is 0 Å². The Kier molecular flexibility index (Phi) is 5.10. The zero-order valence-corrected chi connectivity index (χ0v) is 10.6. The van der Waals surface area contributed by atoms with Crippen molar-refractivity contribution in [1.82, 2.24) is 0 Å². The fourth-order valence-electron chi connectivity index (χ4n) is 2.21. The molecule has 1 aliphatic rings. The second-order valence-corrected chi connectivity index (χ2v) is 5.03. The van der Waals surface area contributed by atoms with Gasteiger partial charge in [0, 0.05) is 5.57 Å². The Hall–Kier alpha value is -0.560. The topological polar surface area (TPSA) is 0 Å². The van der Waals surface area contributed by atoms with Gasteiger partial charge in [-0.1, -0.05) is 32.6 Å². The van der Waals surface area contributed by atoms with Gasteiger partial charge in [-0.2, -0.15) is 0 Å². The summed E-state index contributed by atoms with van der Waals surface area (Å²) in [6.07, 6.45) is 15.2. The maximum atomic E-state index is 2.35. The average molecular weight is 208 g/mol. The van der Waals surface area contributed by atoms with Crippen LogP contribution in [0, 0.1) is 0 Å². The van der Waals surface area contributed by atoms with Gasteiger partial charge in [-0.25, -0.2) is 0 Å². The van der Waals surface area contributed by atoms with Crippen molar-refractivity contribution in [2.75, 3.05) is 13.6 Å². The average Bonchev–Trinajstić information content (AvgIpc) is 2.53. The second-order valence-electron chi connectivity index (χ2n) is 5.03. The largest absolute Gasteiger partial charge is 0.273 e. The Morgan fingerprint density at radius 2 is 1.73 bits per heavy atom. The maximum absolute atomic E-state index is 2.35. The van der Waals surface area contributed by atoms with E-state index in [1.807, 2.05) is 0 Å². The first-order valence-electron chi connectivity index (χ1n) is 6.40. The van der Waals surface area contributed by atoms with Crippen LogP contribution in [0.1, 0.15) is 52.4 Å². The van der Waals surface area contributed by atoms with Crippen molar-refractivity contribution in [3.8, 4) is 0 Å². The highest BCUT2D eigenvalue weighted by Gasteiger charge is 2.19. The number of rotatable bonds is 7. The Bertz CT molecular complexity index is 240. The first-order valence-corrected chi connectivity index (χ1v) is 6.40. The Labute approximate surface area is 95.1 Å². The molecule has 0 saturated heterocycles. The van der Waals surface area contributed by atoms with E-state index in [1.54, 1.807) is 0 Å². The molecule has 0 amide bonds. The van der Waals surface area contributed by atoms with Crippen molar-refractivity contribution in [2.45, 2.75) is 52.4 Å². The van der Waals surface area contributed by atoms with E-state index in [0.29, 0.717) is 0 Å². The molecule has 1 unspecified atom stereocenters. The summed E-state index contributed by atoms with van der Waals surface area (Å²) in [6.45, 7) is 5.72. The van der Waals surface area contributed by atoms with E-state index >= 15 is 0 Å². The predicted octanol–water partition coefficient (Wildman–Crippen LogP) is 4.22. The van der Waals surface area contributed by atoms with Crippen molar-refractivity contribution in [3.05, 3.63) is 24.0 Å². The minimum Gasteiger partial charge on any atom is -0.273 e. The summed E-state index contributed by atoms with van der Waals surface area (Å²) in [7, 11) is 2.29. The molecule has 0 spiro atoms. The van der Waals surface area contributed by atoms with Gasteiger partial charge in [-0.15, -0.1) is 0 Å². The van der Waals surface area contributed by atoms with Crippen LogP contribution in [0.3, 0.4) is 0 Å². The summed E-state index contributed by atoms with van der Waals surface area (Å²) in [5, 5.41) is 0. The Morgan fingerprint density at radius 1 is 1.07 bits per heavy atom. The summed E-state index contributed by atoms with van der Waals surface area (Å²) in [5.41, 5.74) is 1.41. The van der Waals surface area contributed by atoms with E-state index in [1.165, 1.54) is 50.6 Å². The molecule has 1 aliphatic heterocycles. The highest BCUT2D eigenvalue weighted by atomic mass is 15.3. The van der Waals surface area contributed by atoms with E-state index in [2.05, 4.69) is 39.4 Å². The summed E-state index contributed by atoms with van der Waals surface area (Å²) in [6, 6.07) is 0. The summed E-state index contributed by atoms with van der Waals surface area (Å²) in [5.74, 6) is 0. The van der Waals surface area contributed by atoms with Crippen LogP contribution in [0.2, 0.25) is 0 Å². The van der Waals surface area contributed by atoms with Crippen LogP contribution in [0.5, 0.6) is 0 Å². The third-order valence-electron chi connectivity index (χ3n) is 3.17. The Morgan fingerprint density at radius 3 is 2.33 bits per heavy atom. The van der Waals surface area contributed by atoms with Crippen LogP contribution in [-0.4, -0.2) is 18.1 Å². The number of hydrogen-bond acceptors (Lipinski definition) is 0. The molecule has 1 nitrogen and oxygen atoms in total. The van der Waals surface area contributed by atoms with Gasteiger partial charge in [-0.3, -0.25) is 4.48 Å². The molecule has 86 valence electrons. The van der Waals surface area contributed by atoms with E-state index in [9.17, 15) is 0 Å². The molecule has 15 heavy (non-hydrogen) atoms. The quantitative estimate of drug-likeness (QED) is 0.434. The molecule has 0 aromatic heterocycles. The predicted molar refractivity (Wildman–Crippen MR) is 67.3 cm³/mol. The molecular formula is C14H26N+. The van der Waals surface area contributed by atoms with E-state index in [4.69, 9.17) is 0 Å². The number of allylic oxidation sites excluding steroid dienone is 2. The minimum absolute atomic E-state index is 1.01. The Balaban J connectivity index is 2.08. The van der Waals surface area contributed by atoms with Gasteiger partial charge in [0.1, 0.15) is 12.4 Å². The van der Waals surface area contributed by atoms with Crippen molar-refractivity contribution in [1.29, 1.82) is 0 Å². The fourth-order valence-corrected chi connectivity index (χ4v) is 2.21. The molecular weight excluding hydrogens is 182 g/mol. The number of nitrogens with zero attached hydrogens (tertiary/aromatic N) is 1. The lowest BCUT2D eigenvalue weighted by molar-refractivity contribution is -0.804. The first kappa shape index (κ1) is 12.5. The van der Waals surface area contributed by atoms with E-state index in [0.717, 1.165) is 4.48 Å². The van der Waals surface area contributed by atoms with Crippen LogP contribution in [0.4, 0.5) is 0 Å². The van der Waals surface area contributed by atoms with Crippen molar-refractivity contribution in [3.63, 3.8) is 0 Å². The summed E-state index contributed by atoms with van der Waals surface area (Å²) < 4.78 is 1.01. The van der Waals surface area contributed by atoms with Crippen LogP contribution in [0.25, 0.3) is 0 Å². The van der Waals surface area contributed by atoms with Crippen LogP contribution in [0.15, 0.2) is 24.0 Å². The number of hydrogen-bond donors (Lipinski definition) is 0. The molecule has 1 atom stereocenters. The summed E-state index contributed by atoms with van der Waals surface area (Å²) in [4.78, 5) is 0. The fraction of sp³-hybridized carbons (Fsp3) is 0.714. The first-order chi connectivity index (χ1) is 7.16. The normalized spacial score (nSPS) is 24.6. The van der Waals surface area contributed by atoms with Gasteiger partial charge in [0.2, 0.25) is 0 Å². The lowest BCUT2D eigenvalue weighted by atomic mass is 10.1. The molecule has 1 rings (SSSR count). The third kappa shape index (κ3) is 4.65.